The number of primary sulfonamides is 1. The minimum absolute atomic E-state index is 0.00377. The molecule has 2 rings (SSSR count). The standard InChI is InChI=1S/C17H19ClN2O4S/c1-17(2,24-14-8-6-13(18)7-9-14)16(21)20-11-12-4-3-5-15(10-12)25(19,22)23/h3-10H,11H2,1-2H3,(H,20,21)(H2,19,22,23). The fourth-order valence-electron chi connectivity index (χ4n) is 2.07. The SMILES string of the molecule is CC(C)(Oc1ccc(Cl)cc1)C(=O)NCc1cccc(S(N)(=O)=O)c1. The number of sulfonamides is 1. The monoisotopic (exact) mass is 382 g/mol. The third kappa shape index (κ3) is 5.45. The first kappa shape index (κ1) is 19.2. The molecule has 3 N–H and O–H groups in total. The van der Waals surface area contributed by atoms with Crippen LogP contribution < -0.4 is 15.2 Å². The summed E-state index contributed by atoms with van der Waals surface area (Å²) in [4.78, 5) is 12.4. The number of carbonyl (C=O) groups excluding carboxylic acids is 1. The number of hydrogen-bond donors (Lipinski definition) is 2. The Balaban J connectivity index is 2.02. The van der Waals surface area contributed by atoms with E-state index in [0.29, 0.717) is 16.3 Å². The summed E-state index contributed by atoms with van der Waals surface area (Å²) in [6.45, 7) is 3.42. The summed E-state index contributed by atoms with van der Waals surface area (Å²) < 4.78 is 28.4. The van der Waals surface area contributed by atoms with Crippen LogP contribution in [0, 0.1) is 0 Å². The van der Waals surface area contributed by atoms with Gasteiger partial charge in [0.1, 0.15) is 5.75 Å². The second-order valence-corrected chi connectivity index (χ2v) is 7.94. The van der Waals surface area contributed by atoms with Gasteiger partial charge in [-0.3, -0.25) is 4.79 Å². The number of benzene rings is 2. The van der Waals surface area contributed by atoms with E-state index in [1.54, 1.807) is 50.2 Å². The summed E-state index contributed by atoms with van der Waals surface area (Å²) in [6, 6.07) is 12.8. The highest BCUT2D eigenvalue weighted by Gasteiger charge is 2.29. The third-order valence-corrected chi connectivity index (χ3v) is 4.58. The summed E-state index contributed by atoms with van der Waals surface area (Å²) in [7, 11) is -3.78. The number of carbonyl (C=O) groups is 1. The van der Waals surface area contributed by atoms with E-state index in [4.69, 9.17) is 21.5 Å². The maximum Gasteiger partial charge on any atom is 0.263 e. The molecule has 0 aliphatic rings. The quantitative estimate of drug-likeness (QED) is 0.801. The lowest BCUT2D eigenvalue weighted by atomic mass is 10.1. The number of amides is 1. The van der Waals surface area contributed by atoms with Crippen molar-refractivity contribution in [1.82, 2.24) is 5.32 Å². The van der Waals surface area contributed by atoms with Crippen molar-refractivity contribution >= 4 is 27.5 Å². The van der Waals surface area contributed by atoms with E-state index >= 15 is 0 Å². The van der Waals surface area contributed by atoms with Crippen molar-refractivity contribution in [2.24, 2.45) is 5.14 Å². The van der Waals surface area contributed by atoms with Gasteiger partial charge in [-0.25, -0.2) is 13.6 Å². The van der Waals surface area contributed by atoms with Gasteiger partial charge in [-0.2, -0.15) is 0 Å². The van der Waals surface area contributed by atoms with Gasteiger partial charge < -0.3 is 10.1 Å². The minimum atomic E-state index is -3.78. The predicted octanol–water partition coefficient (Wildman–Crippen LogP) is 2.46. The Morgan fingerprint density at radius 2 is 1.84 bits per heavy atom. The molecule has 0 aliphatic carbocycles. The minimum Gasteiger partial charge on any atom is -0.478 e. The molecule has 0 aliphatic heterocycles. The molecule has 2 aromatic carbocycles. The molecule has 1 amide bonds. The Bertz CT molecular complexity index is 864. The first-order valence-electron chi connectivity index (χ1n) is 7.42. The Hall–Kier alpha value is -2.09. The highest BCUT2D eigenvalue weighted by atomic mass is 35.5. The fourth-order valence-corrected chi connectivity index (χ4v) is 2.78. The lowest BCUT2D eigenvalue weighted by molar-refractivity contribution is -0.134. The number of rotatable bonds is 6. The topological polar surface area (TPSA) is 98.5 Å². The Morgan fingerprint density at radius 1 is 1.20 bits per heavy atom. The van der Waals surface area contributed by atoms with Crippen LogP contribution in [0.2, 0.25) is 5.02 Å². The summed E-state index contributed by atoms with van der Waals surface area (Å²) >= 11 is 5.82. The van der Waals surface area contributed by atoms with E-state index < -0.39 is 15.6 Å². The summed E-state index contributed by atoms with van der Waals surface area (Å²) in [6.07, 6.45) is 0. The molecule has 0 heterocycles. The van der Waals surface area contributed by atoms with Gasteiger partial charge in [-0.1, -0.05) is 23.7 Å². The van der Waals surface area contributed by atoms with E-state index in [-0.39, 0.29) is 17.3 Å². The van der Waals surface area contributed by atoms with Crippen molar-refractivity contribution < 1.29 is 17.9 Å². The van der Waals surface area contributed by atoms with Crippen LogP contribution in [-0.4, -0.2) is 19.9 Å². The summed E-state index contributed by atoms with van der Waals surface area (Å²) in [5.74, 6) is 0.171. The molecule has 0 unspecified atom stereocenters. The average molecular weight is 383 g/mol. The molecule has 25 heavy (non-hydrogen) atoms. The molecule has 0 saturated carbocycles. The molecule has 0 atom stereocenters. The normalized spacial score (nSPS) is 11.8. The van der Waals surface area contributed by atoms with E-state index in [1.807, 2.05) is 0 Å². The lowest BCUT2D eigenvalue weighted by Gasteiger charge is -2.25. The molecule has 6 nitrogen and oxygen atoms in total. The maximum absolute atomic E-state index is 12.4. The molecule has 8 heteroatoms. The van der Waals surface area contributed by atoms with Crippen molar-refractivity contribution in [2.75, 3.05) is 0 Å². The molecule has 0 radical (unpaired) electrons. The molecule has 0 bridgehead atoms. The molecular weight excluding hydrogens is 364 g/mol. The summed E-state index contributed by atoms with van der Waals surface area (Å²) in [5, 5.41) is 8.40. The Kier molecular flexibility index (Phi) is 5.72. The smallest absolute Gasteiger partial charge is 0.263 e. The molecule has 0 fully saturated rings. The fraction of sp³-hybridized carbons (Fsp3) is 0.235. The number of nitrogens with two attached hydrogens (primary N) is 1. The zero-order chi connectivity index (χ0) is 18.7. The van der Waals surface area contributed by atoms with Gasteiger partial charge in [0.25, 0.3) is 5.91 Å². The number of nitrogens with one attached hydrogen (secondary N) is 1. The average Bonchev–Trinajstić information content (AvgIpc) is 2.54. The molecule has 134 valence electrons. The molecular formula is C17H19ClN2O4S. The van der Waals surface area contributed by atoms with Gasteiger partial charge in [0.2, 0.25) is 10.0 Å². The second-order valence-electron chi connectivity index (χ2n) is 5.94. The van der Waals surface area contributed by atoms with Crippen LogP contribution in [0.25, 0.3) is 0 Å². The largest absolute Gasteiger partial charge is 0.478 e. The van der Waals surface area contributed by atoms with Gasteiger partial charge in [0, 0.05) is 11.6 Å². The van der Waals surface area contributed by atoms with Crippen LogP contribution in [-0.2, 0) is 21.4 Å². The molecule has 2 aromatic rings. The zero-order valence-corrected chi connectivity index (χ0v) is 15.4. The third-order valence-electron chi connectivity index (χ3n) is 3.41. The first-order valence-corrected chi connectivity index (χ1v) is 9.35. The van der Waals surface area contributed by atoms with Crippen LogP contribution in [0.3, 0.4) is 0 Å². The Labute approximate surface area is 152 Å². The van der Waals surface area contributed by atoms with Crippen LogP contribution in [0.4, 0.5) is 0 Å². The van der Waals surface area contributed by atoms with Crippen LogP contribution in [0.5, 0.6) is 5.75 Å². The predicted molar refractivity (Wildman–Crippen MR) is 95.8 cm³/mol. The van der Waals surface area contributed by atoms with E-state index in [2.05, 4.69) is 5.32 Å². The lowest BCUT2D eigenvalue weighted by Crippen LogP contribution is -2.46. The van der Waals surface area contributed by atoms with Crippen molar-refractivity contribution in [3.05, 3.63) is 59.1 Å². The van der Waals surface area contributed by atoms with Gasteiger partial charge in [0.05, 0.1) is 4.90 Å². The maximum atomic E-state index is 12.4. The van der Waals surface area contributed by atoms with Crippen LogP contribution in [0.1, 0.15) is 19.4 Å². The Morgan fingerprint density at radius 3 is 2.44 bits per heavy atom. The van der Waals surface area contributed by atoms with E-state index in [0.717, 1.165) is 0 Å². The first-order chi connectivity index (χ1) is 11.6. The highest BCUT2D eigenvalue weighted by Crippen LogP contribution is 2.21. The number of halogens is 1. The molecule has 0 saturated heterocycles. The molecule has 0 spiro atoms. The highest BCUT2D eigenvalue weighted by molar-refractivity contribution is 7.89. The van der Waals surface area contributed by atoms with Crippen molar-refractivity contribution in [2.45, 2.75) is 30.9 Å². The molecule has 0 aromatic heterocycles. The number of ether oxygens (including phenoxy) is 1. The van der Waals surface area contributed by atoms with Crippen molar-refractivity contribution in [1.29, 1.82) is 0 Å². The second kappa shape index (κ2) is 7.43. The van der Waals surface area contributed by atoms with Gasteiger partial charge >= 0.3 is 0 Å². The van der Waals surface area contributed by atoms with Gasteiger partial charge in [-0.05, 0) is 55.8 Å². The van der Waals surface area contributed by atoms with E-state index in [9.17, 15) is 13.2 Å². The van der Waals surface area contributed by atoms with Crippen molar-refractivity contribution in [3.8, 4) is 5.75 Å². The van der Waals surface area contributed by atoms with Crippen LogP contribution in [0.15, 0.2) is 53.4 Å². The van der Waals surface area contributed by atoms with E-state index in [1.165, 1.54) is 12.1 Å². The zero-order valence-electron chi connectivity index (χ0n) is 13.8. The van der Waals surface area contributed by atoms with Gasteiger partial charge in [-0.15, -0.1) is 0 Å². The van der Waals surface area contributed by atoms with Crippen molar-refractivity contribution in [3.63, 3.8) is 0 Å². The summed E-state index contributed by atoms with van der Waals surface area (Å²) in [5.41, 5.74) is -0.507. The van der Waals surface area contributed by atoms with Crippen LogP contribution >= 0.6 is 11.6 Å². The van der Waals surface area contributed by atoms with Gasteiger partial charge in [0.15, 0.2) is 5.60 Å². The number of hydrogen-bond acceptors (Lipinski definition) is 4.